The lowest BCUT2D eigenvalue weighted by molar-refractivity contribution is -0.114. The molecule has 1 amide bonds. The van der Waals surface area contributed by atoms with Gasteiger partial charge >= 0.3 is 0 Å². The number of hydrogen-bond donors (Lipinski definition) is 3. The first-order valence-corrected chi connectivity index (χ1v) is 4.58. The summed E-state index contributed by atoms with van der Waals surface area (Å²) >= 11 is 0. The fraction of sp³-hybridized carbons (Fsp3) is 0.200. The van der Waals surface area contributed by atoms with E-state index in [2.05, 4.69) is 10.5 Å². The largest absolute Gasteiger partial charge is 0.486 e. The Kier molecular flexibility index (Phi) is 4.14. The highest BCUT2D eigenvalue weighted by Gasteiger charge is 1.98. The van der Waals surface area contributed by atoms with Crippen molar-refractivity contribution in [2.24, 2.45) is 10.9 Å². The van der Waals surface area contributed by atoms with Crippen molar-refractivity contribution in [1.82, 2.24) is 0 Å². The molecule has 0 heterocycles. The molecule has 0 bridgehead atoms. The van der Waals surface area contributed by atoms with Gasteiger partial charge in [-0.15, -0.1) is 0 Å². The summed E-state index contributed by atoms with van der Waals surface area (Å²) in [7, 11) is 0. The van der Waals surface area contributed by atoms with Gasteiger partial charge in [0.05, 0.1) is 0 Å². The van der Waals surface area contributed by atoms with Crippen LogP contribution in [0, 0.1) is 0 Å². The summed E-state index contributed by atoms with van der Waals surface area (Å²) in [6, 6.07) is 6.75. The number of rotatable bonds is 4. The van der Waals surface area contributed by atoms with Crippen LogP contribution in [0.2, 0.25) is 0 Å². The SMILES string of the molecule is CC(=O)Nc1ccc(OC/C(N)=N/O)cc1. The lowest BCUT2D eigenvalue weighted by Crippen LogP contribution is -2.20. The van der Waals surface area contributed by atoms with E-state index in [9.17, 15) is 4.79 Å². The van der Waals surface area contributed by atoms with Crippen LogP contribution in [0.3, 0.4) is 0 Å². The van der Waals surface area contributed by atoms with Gasteiger partial charge in [-0.05, 0) is 24.3 Å². The molecule has 0 aliphatic carbocycles. The van der Waals surface area contributed by atoms with Crippen molar-refractivity contribution in [3.63, 3.8) is 0 Å². The number of nitrogens with zero attached hydrogens (tertiary/aromatic N) is 1. The molecule has 0 radical (unpaired) electrons. The molecule has 1 rings (SSSR count). The molecule has 6 nitrogen and oxygen atoms in total. The molecular weight excluding hydrogens is 210 g/mol. The van der Waals surface area contributed by atoms with Crippen LogP contribution in [-0.4, -0.2) is 23.6 Å². The molecule has 0 aliphatic heterocycles. The summed E-state index contributed by atoms with van der Waals surface area (Å²) < 4.78 is 5.19. The number of nitrogens with two attached hydrogens (primary N) is 1. The van der Waals surface area contributed by atoms with Gasteiger partial charge in [-0.1, -0.05) is 5.16 Å². The Morgan fingerprint density at radius 1 is 1.50 bits per heavy atom. The summed E-state index contributed by atoms with van der Waals surface area (Å²) in [6.45, 7) is 1.44. The van der Waals surface area contributed by atoms with Crippen LogP contribution in [0.15, 0.2) is 29.4 Å². The quantitative estimate of drug-likeness (QED) is 0.304. The number of anilines is 1. The average molecular weight is 223 g/mol. The second-order valence-electron chi connectivity index (χ2n) is 3.09. The van der Waals surface area contributed by atoms with E-state index in [4.69, 9.17) is 15.7 Å². The maximum Gasteiger partial charge on any atom is 0.221 e. The van der Waals surface area contributed by atoms with Crippen LogP contribution in [-0.2, 0) is 4.79 Å². The highest BCUT2D eigenvalue weighted by Crippen LogP contribution is 2.15. The molecule has 1 aromatic carbocycles. The number of hydrogen-bond acceptors (Lipinski definition) is 4. The van der Waals surface area contributed by atoms with Gasteiger partial charge in [0.15, 0.2) is 5.84 Å². The Bertz CT molecular complexity index is 387. The molecule has 0 unspecified atom stereocenters. The minimum absolute atomic E-state index is 0.00839. The molecule has 0 aromatic heterocycles. The van der Waals surface area contributed by atoms with Crippen molar-refractivity contribution < 1.29 is 14.7 Å². The normalized spacial score (nSPS) is 10.9. The van der Waals surface area contributed by atoms with E-state index in [1.54, 1.807) is 24.3 Å². The number of nitrogens with one attached hydrogen (secondary N) is 1. The molecule has 0 aliphatic rings. The monoisotopic (exact) mass is 223 g/mol. The minimum atomic E-state index is -0.134. The van der Waals surface area contributed by atoms with Gasteiger partial charge in [0.25, 0.3) is 0 Å². The van der Waals surface area contributed by atoms with Crippen molar-refractivity contribution in [3.05, 3.63) is 24.3 Å². The molecule has 6 heteroatoms. The number of oxime groups is 1. The van der Waals surface area contributed by atoms with E-state index < -0.39 is 0 Å². The number of carbonyl (C=O) groups excluding carboxylic acids is 1. The van der Waals surface area contributed by atoms with Crippen LogP contribution in [0.5, 0.6) is 5.75 Å². The van der Waals surface area contributed by atoms with E-state index in [-0.39, 0.29) is 18.3 Å². The summed E-state index contributed by atoms with van der Waals surface area (Å²) in [5, 5.41) is 13.7. The van der Waals surface area contributed by atoms with Crippen LogP contribution >= 0.6 is 0 Å². The third-order valence-electron chi connectivity index (χ3n) is 1.69. The first-order chi connectivity index (χ1) is 7.61. The van der Waals surface area contributed by atoms with Gasteiger partial charge in [-0.2, -0.15) is 0 Å². The highest BCUT2D eigenvalue weighted by atomic mass is 16.5. The van der Waals surface area contributed by atoms with Crippen molar-refractivity contribution in [2.75, 3.05) is 11.9 Å². The summed E-state index contributed by atoms with van der Waals surface area (Å²) in [5.41, 5.74) is 5.92. The fourth-order valence-electron chi connectivity index (χ4n) is 1.02. The van der Waals surface area contributed by atoms with Gasteiger partial charge < -0.3 is 21.0 Å². The number of benzene rings is 1. The lowest BCUT2D eigenvalue weighted by Gasteiger charge is -2.06. The predicted molar refractivity (Wildman–Crippen MR) is 59.6 cm³/mol. The van der Waals surface area contributed by atoms with Crippen LogP contribution in [0.25, 0.3) is 0 Å². The number of carbonyl (C=O) groups is 1. The zero-order valence-electron chi connectivity index (χ0n) is 8.80. The molecule has 0 saturated heterocycles. The Hall–Kier alpha value is -2.24. The Morgan fingerprint density at radius 3 is 2.62 bits per heavy atom. The van der Waals surface area contributed by atoms with Crippen LogP contribution in [0.4, 0.5) is 5.69 Å². The molecule has 0 spiro atoms. The molecule has 4 N–H and O–H groups in total. The Balaban J connectivity index is 2.54. The Labute approximate surface area is 92.7 Å². The zero-order chi connectivity index (χ0) is 12.0. The smallest absolute Gasteiger partial charge is 0.221 e. The van der Waals surface area contributed by atoms with Gasteiger partial charge in [0.1, 0.15) is 12.4 Å². The van der Waals surface area contributed by atoms with Gasteiger partial charge in [0, 0.05) is 12.6 Å². The van der Waals surface area contributed by atoms with Crippen LogP contribution in [0.1, 0.15) is 6.92 Å². The summed E-state index contributed by atoms with van der Waals surface area (Å²) in [5.74, 6) is 0.428. The first kappa shape index (κ1) is 11.8. The molecular formula is C10H13N3O3. The van der Waals surface area contributed by atoms with Crippen molar-refractivity contribution >= 4 is 17.4 Å². The Morgan fingerprint density at radius 2 is 2.12 bits per heavy atom. The first-order valence-electron chi connectivity index (χ1n) is 4.58. The van der Waals surface area contributed by atoms with E-state index in [1.165, 1.54) is 6.92 Å². The average Bonchev–Trinajstić information content (AvgIpc) is 2.27. The van der Waals surface area contributed by atoms with Crippen LogP contribution < -0.4 is 15.8 Å². The van der Waals surface area contributed by atoms with Gasteiger partial charge in [0.2, 0.25) is 5.91 Å². The van der Waals surface area contributed by atoms with Crippen molar-refractivity contribution in [3.8, 4) is 5.75 Å². The molecule has 86 valence electrons. The third-order valence-corrected chi connectivity index (χ3v) is 1.69. The highest BCUT2D eigenvalue weighted by molar-refractivity contribution is 5.88. The predicted octanol–water partition coefficient (Wildman–Crippen LogP) is 0.770. The lowest BCUT2D eigenvalue weighted by atomic mass is 10.3. The second kappa shape index (κ2) is 5.59. The molecule has 16 heavy (non-hydrogen) atoms. The molecule has 0 saturated carbocycles. The van der Waals surface area contributed by atoms with E-state index in [0.717, 1.165) is 0 Å². The van der Waals surface area contributed by atoms with Crippen molar-refractivity contribution in [1.29, 1.82) is 0 Å². The fourth-order valence-corrected chi connectivity index (χ4v) is 1.02. The number of amides is 1. The molecule has 0 atom stereocenters. The van der Waals surface area contributed by atoms with Gasteiger partial charge in [-0.3, -0.25) is 4.79 Å². The summed E-state index contributed by atoms with van der Waals surface area (Å²) in [6.07, 6.45) is 0. The standard InChI is InChI=1S/C10H13N3O3/c1-7(14)12-8-2-4-9(5-3-8)16-6-10(11)13-15/h2-5,15H,6H2,1H3,(H2,11,13)(H,12,14). The number of amidine groups is 1. The molecule has 1 aromatic rings. The molecule has 0 fully saturated rings. The van der Waals surface area contributed by atoms with Crippen molar-refractivity contribution in [2.45, 2.75) is 6.92 Å². The number of ether oxygens (including phenoxy) is 1. The van der Waals surface area contributed by atoms with E-state index in [1.807, 2.05) is 0 Å². The minimum Gasteiger partial charge on any atom is -0.486 e. The van der Waals surface area contributed by atoms with Gasteiger partial charge in [-0.25, -0.2) is 0 Å². The second-order valence-corrected chi connectivity index (χ2v) is 3.09. The topological polar surface area (TPSA) is 96.9 Å². The maximum atomic E-state index is 10.7. The summed E-state index contributed by atoms with van der Waals surface area (Å²) in [4.78, 5) is 10.7. The van der Waals surface area contributed by atoms with E-state index in [0.29, 0.717) is 11.4 Å². The zero-order valence-corrected chi connectivity index (χ0v) is 8.80. The van der Waals surface area contributed by atoms with E-state index >= 15 is 0 Å². The third kappa shape index (κ3) is 3.87. The maximum absolute atomic E-state index is 10.7.